The Bertz CT molecular complexity index is 454. The van der Waals surface area contributed by atoms with Crippen LogP contribution in [0.15, 0.2) is 16.6 Å². The molecule has 0 aliphatic rings. The van der Waals surface area contributed by atoms with E-state index in [4.69, 9.17) is 11.5 Å². The van der Waals surface area contributed by atoms with E-state index in [1.807, 2.05) is 6.92 Å². The summed E-state index contributed by atoms with van der Waals surface area (Å²) in [7, 11) is 0. The molecule has 0 heterocycles. The average molecular weight is 332 g/mol. The first-order valence-corrected chi connectivity index (χ1v) is 7.00. The zero-order valence-electron chi connectivity index (χ0n) is 11.0. The Kier molecular flexibility index (Phi) is 6.24. The van der Waals surface area contributed by atoms with Crippen LogP contribution < -0.4 is 16.4 Å². The lowest BCUT2D eigenvalue weighted by Gasteiger charge is -2.24. The number of amides is 1. The highest BCUT2D eigenvalue weighted by atomic mass is 79.9. The van der Waals surface area contributed by atoms with Gasteiger partial charge in [0.25, 0.3) is 0 Å². The van der Waals surface area contributed by atoms with Gasteiger partial charge in [-0.05, 0) is 34.0 Å². The molecule has 0 unspecified atom stereocenters. The quantitative estimate of drug-likeness (QED) is 0.803. The molecule has 0 bridgehead atoms. The van der Waals surface area contributed by atoms with E-state index in [1.165, 1.54) is 0 Å². The third-order valence-electron chi connectivity index (χ3n) is 2.83. The highest BCUT2D eigenvalue weighted by Crippen LogP contribution is 2.29. The van der Waals surface area contributed by atoms with Crippen LogP contribution in [0.3, 0.4) is 0 Å². The third kappa shape index (κ3) is 4.18. The second-order valence-electron chi connectivity index (χ2n) is 4.32. The highest BCUT2D eigenvalue weighted by molar-refractivity contribution is 9.10. The van der Waals surface area contributed by atoms with Crippen LogP contribution in [0.2, 0.25) is 0 Å². The minimum Gasteiger partial charge on any atom is -0.368 e. The number of nitrogens with zero attached hydrogens (tertiary/aromatic N) is 1. The number of nitrogens with two attached hydrogens (primary N) is 2. The molecule has 0 saturated carbocycles. The number of benzene rings is 1. The number of carbonyl (C=O) groups is 1. The predicted molar refractivity (Wildman–Crippen MR) is 78.3 cm³/mol. The predicted octanol–water partition coefficient (Wildman–Crippen LogP) is 2.14. The van der Waals surface area contributed by atoms with Gasteiger partial charge in [0.05, 0.1) is 16.7 Å². The Labute approximate surface area is 121 Å². The molecule has 1 amide bonds. The van der Waals surface area contributed by atoms with Gasteiger partial charge in [0.15, 0.2) is 5.82 Å². The smallest absolute Gasteiger partial charge is 0.236 e. The third-order valence-corrected chi connectivity index (χ3v) is 3.69. The number of halogens is 2. The molecule has 0 spiro atoms. The zero-order valence-corrected chi connectivity index (χ0v) is 12.5. The number of anilines is 1. The summed E-state index contributed by atoms with van der Waals surface area (Å²) < 4.78 is 14.6. The van der Waals surface area contributed by atoms with Gasteiger partial charge in [-0.1, -0.05) is 19.4 Å². The van der Waals surface area contributed by atoms with Crippen molar-refractivity contribution < 1.29 is 9.18 Å². The van der Waals surface area contributed by atoms with Crippen molar-refractivity contribution in [3.8, 4) is 0 Å². The van der Waals surface area contributed by atoms with E-state index >= 15 is 0 Å². The molecule has 0 fully saturated rings. The first-order chi connectivity index (χ1) is 9.01. The lowest BCUT2D eigenvalue weighted by Crippen LogP contribution is -2.35. The second-order valence-corrected chi connectivity index (χ2v) is 5.11. The maximum Gasteiger partial charge on any atom is 0.236 e. The average Bonchev–Trinajstić information content (AvgIpc) is 2.37. The Morgan fingerprint density at radius 3 is 2.68 bits per heavy atom. The number of unbranched alkanes of at least 4 members (excludes halogenated alkanes) is 1. The van der Waals surface area contributed by atoms with E-state index in [1.54, 1.807) is 17.0 Å². The summed E-state index contributed by atoms with van der Waals surface area (Å²) in [6.45, 7) is 2.88. The van der Waals surface area contributed by atoms with E-state index in [0.29, 0.717) is 22.3 Å². The number of rotatable bonds is 7. The van der Waals surface area contributed by atoms with E-state index in [9.17, 15) is 9.18 Å². The molecule has 4 nitrogen and oxygen atoms in total. The van der Waals surface area contributed by atoms with Gasteiger partial charge in [0.1, 0.15) is 0 Å². The topological polar surface area (TPSA) is 72.3 Å². The van der Waals surface area contributed by atoms with Gasteiger partial charge in [-0.2, -0.15) is 0 Å². The first-order valence-electron chi connectivity index (χ1n) is 6.21. The minimum absolute atomic E-state index is 0.00529. The lowest BCUT2D eigenvalue weighted by molar-refractivity contribution is -0.116. The molecule has 0 aliphatic carbocycles. The van der Waals surface area contributed by atoms with E-state index in [2.05, 4.69) is 15.9 Å². The van der Waals surface area contributed by atoms with Crippen molar-refractivity contribution in [1.82, 2.24) is 0 Å². The maximum atomic E-state index is 14.3. The van der Waals surface area contributed by atoms with Gasteiger partial charge in [-0.25, -0.2) is 4.39 Å². The highest BCUT2D eigenvalue weighted by Gasteiger charge is 2.17. The van der Waals surface area contributed by atoms with Crippen LogP contribution >= 0.6 is 15.9 Å². The Morgan fingerprint density at radius 2 is 2.16 bits per heavy atom. The molecule has 0 radical (unpaired) electrons. The van der Waals surface area contributed by atoms with Gasteiger partial charge >= 0.3 is 0 Å². The summed E-state index contributed by atoms with van der Waals surface area (Å²) in [6.07, 6.45) is 1.82. The summed E-state index contributed by atoms with van der Waals surface area (Å²) in [5.74, 6) is -0.880. The van der Waals surface area contributed by atoms with Gasteiger partial charge in [0.2, 0.25) is 5.91 Å². The number of primary amides is 1. The molecule has 1 rings (SSSR count). The van der Waals surface area contributed by atoms with Crippen molar-refractivity contribution in [1.29, 1.82) is 0 Å². The van der Waals surface area contributed by atoms with Crippen LogP contribution in [-0.2, 0) is 11.3 Å². The summed E-state index contributed by atoms with van der Waals surface area (Å²) in [5, 5.41) is 0. The molecule has 1 aromatic rings. The number of hydrogen-bond donors (Lipinski definition) is 2. The van der Waals surface area contributed by atoms with Crippen molar-refractivity contribution in [2.75, 3.05) is 18.0 Å². The van der Waals surface area contributed by atoms with E-state index in [0.717, 1.165) is 12.8 Å². The first kappa shape index (κ1) is 15.9. The monoisotopic (exact) mass is 331 g/mol. The number of carbonyl (C=O) groups excluding carboxylic acids is 1. The number of hydrogen-bond acceptors (Lipinski definition) is 3. The summed E-state index contributed by atoms with van der Waals surface area (Å²) in [4.78, 5) is 12.8. The van der Waals surface area contributed by atoms with Crippen LogP contribution in [0.5, 0.6) is 0 Å². The van der Waals surface area contributed by atoms with E-state index < -0.39 is 11.7 Å². The molecule has 0 atom stereocenters. The molecule has 0 saturated heterocycles. The molecule has 1 aromatic carbocycles. The molecule has 0 aromatic heterocycles. The Hall–Kier alpha value is -1.14. The second kappa shape index (κ2) is 7.45. The van der Waals surface area contributed by atoms with Crippen molar-refractivity contribution in [2.24, 2.45) is 11.5 Å². The maximum absolute atomic E-state index is 14.3. The fourth-order valence-corrected chi connectivity index (χ4v) is 2.30. The van der Waals surface area contributed by atoms with Gasteiger partial charge in [-0.3, -0.25) is 4.79 Å². The lowest BCUT2D eigenvalue weighted by atomic mass is 10.1. The van der Waals surface area contributed by atoms with E-state index in [-0.39, 0.29) is 13.1 Å². The Morgan fingerprint density at radius 1 is 1.47 bits per heavy atom. The van der Waals surface area contributed by atoms with Gasteiger partial charge < -0.3 is 16.4 Å². The van der Waals surface area contributed by atoms with Gasteiger partial charge in [-0.15, -0.1) is 0 Å². The molecule has 106 valence electrons. The van der Waals surface area contributed by atoms with Gasteiger partial charge in [0, 0.05) is 13.1 Å². The standard InChI is InChI=1S/C13H19BrFN3O/c1-2-3-6-18(8-11(17)19)10-5-4-9(7-16)12(14)13(10)15/h4-5H,2-3,6-8,16H2,1H3,(H2,17,19). The van der Waals surface area contributed by atoms with Crippen LogP contribution in [0, 0.1) is 5.82 Å². The largest absolute Gasteiger partial charge is 0.368 e. The van der Waals surface area contributed by atoms with Crippen LogP contribution in [0.1, 0.15) is 25.3 Å². The molecule has 19 heavy (non-hydrogen) atoms. The summed E-state index contributed by atoms with van der Waals surface area (Å²) in [5.41, 5.74) is 11.8. The molecule has 6 heteroatoms. The van der Waals surface area contributed by atoms with Crippen molar-refractivity contribution >= 4 is 27.5 Å². The van der Waals surface area contributed by atoms with Crippen LogP contribution in [0.25, 0.3) is 0 Å². The van der Waals surface area contributed by atoms with Crippen molar-refractivity contribution in [3.05, 3.63) is 28.0 Å². The molecular weight excluding hydrogens is 313 g/mol. The fourth-order valence-electron chi connectivity index (χ4n) is 1.80. The summed E-state index contributed by atoms with van der Waals surface area (Å²) in [6, 6.07) is 3.39. The molecular formula is C13H19BrFN3O. The van der Waals surface area contributed by atoms with Crippen molar-refractivity contribution in [2.45, 2.75) is 26.3 Å². The molecule has 0 aliphatic heterocycles. The minimum atomic E-state index is -0.477. The zero-order chi connectivity index (χ0) is 14.4. The molecule has 4 N–H and O–H groups in total. The van der Waals surface area contributed by atoms with Crippen LogP contribution in [0.4, 0.5) is 10.1 Å². The Balaban J connectivity index is 3.07. The normalized spacial score (nSPS) is 10.5. The summed E-state index contributed by atoms with van der Waals surface area (Å²) >= 11 is 3.20. The van der Waals surface area contributed by atoms with Crippen molar-refractivity contribution in [3.63, 3.8) is 0 Å². The SMILES string of the molecule is CCCCN(CC(N)=O)c1ccc(CN)c(Br)c1F. The van der Waals surface area contributed by atoms with Crippen LogP contribution in [-0.4, -0.2) is 19.0 Å². The fraction of sp³-hybridized carbons (Fsp3) is 0.462.